The summed E-state index contributed by atoms with van der Waals surface area (Å²) in [7, 11) is 0. The molecule has 0 spiro atoms. The van der Waals surface area contributed by atoms with Gasteiger partial charge in [0.2, 0.25) is 0 Å². The van der Waals surface area contributed by atoms with Crippen molar-refractivity contribution < 1.29 is 14.3 Å². The van der Waals surface area contributed by atoms with Gasteiger partial charge in [0.15, 0.2) is 4.80 Å². The molecule has 0 N–H and O–H groups in total. The van der Waals surface area contributed by atoms with E-state index in [1.807, 2.05) is 42.5 Å². The quantitative estimate of drug-likeness (QED) is 0.306. The van der Waals surface area contributed by atoms with E-state index in [0.29, 0.717) is 32.2 Å². The molecule has 3 aromatic rings. The zero-order chi connectivity index (χ0) is 25.8. The first kappa shape index (κ1) is 25.9. The van der Waals surface area contributed by atoms with Crippen molar-refractivity contribution in [1.82, 2.24) is 4.57 Å². The van der Waals surface area contributed by atoms with Crippen molar-refractivity contribution in [2.75, 3.05) is 6.61 Å². The average molecular weight is 525 g/mol. The van der Waals surface area contributed by atoms with E-state index < -0.39 is 12.0 Å². The Kier molecular flexibility index (Phi) is 8.11. The summed E-state index contributed by atoms with van der Waals surface area (Å²) >= 11 is 7.41. The molecule has 0 fully saturated rings. The number of fused-ring (bicyclic) bond motifs is 1. The van der Waals surface area contributed by atoms with Crippen molar-refractivity contribution in [3.05, 3.63) is 95.6 Å². The number of halogens is 1. The van der Waals surface area contributed by atoms with Gasteiger partial charge in [-0.15, -0.1) is 0 Å². The van der Waals surface area contributed by atoms with Crippen LogP contribution >= 0.6 is 22.9 Å². The van der Waals surface area contributed by atoms with E-state index in [9.17, 15) is 9.59 Å². The Hall–Kier alpha value is -3.16. The van der Waals surface area contributed by atoms with Crippen LogP contribution in [0.2, 0.25) is 5.02 Å². The van der Waals surface area contributed by atoms with Crippen LogP contribution in [0.25, 0.3) is 6.08 Å². The summed E-state index contributed by atoms with van der Waals surface area (Å²) in [6, 6.07) is 14.1. The Morgan fingerprint density at radius 2 is 1.97 bits per heavy atom. The Labute approximate surface area is 219 Å². The van der Waals surface area contributed by atoms with Crippen molar-refractivity contribution in [2.24, 2.45) is 4.99 Å². The van der Waals surface area contributed by atoms with E-state index in [4.69, 9.17) is 21.1 Å². The maximum Gasteiger partial charge on any atom is 0.338 e. The predicted molar refractivity (Wildman–Crippen MR) is 143 cm³/mol. The molecule has 1 aliphatic heterocycles. The molecule has 0 amide bonds. The Morgan fingerprint density at radius 1 is 1.22 bits per heavy atom. The Morgan fingerprint density at radius 3 is 2.67 bits per heavy atom. The highest BCUT2D eigenvalue weighted by atomic mass is 35.5. The molecule has 0 saturated carbocycles. The molecule has 0 saturated heterocycles. The molecule has 6 nitrogen and oxygen atoms in total. The highest BCUT2D eigenvalue weighted by Gasteiger charge is 2.33. The molecule has 1 unspecified atom stereocenters. The zero-order valence-corrected chi connectivity index (χ0v) is 22.4. The van der Waals surface area contributed by atoms with Crippen molar-refractivity contribution in [2.45, 2.75) is 52.7 Å². The van der Waals surface area contributed by atoms with E-state index >= 15 is 0 Å². The molecule has 1 aromatic heterocycles. The van der Waals surface area contributed by atoms with E-state index in [-0.39, 0.29) is 11.7 Å². The number of aromatic nitrogens is 1. The number of nitrogens with zero attached hydrogens (tertiary/aromatic N) is 2. The van der Waals surface area contributed by atoms with Gasteiger partial charge in [-0.05, 0) is 68.7 Å². The summed E-state index contributed by atoms with van der Waals surface area (Å²) in [5.41, 5.74) is 2.25. The molecule has 2 heterocycles. The van der Waals surface area contributed by atoms with Gasteiger partial charge in [0.25, 0.3) is 5.56 Å². The molecule has 2 aromatic carbocycles. The van der Waals surface area contributed by atoms with E-state index in [2.05, 4.69) is 11.9 Å². The molecule has 1 aliphatic rings. The van der Waals surface area contributed by atoms with Gasteiger partial charge in [-0.3, -0.25) is 9.36 Å². The van der Waals surface area contributed by atoms with Crippen LogP contribution in [0.4, 0.5) is 0 Å². The van der Waals surface area contributed by atoms with Crippen molar-refractivity contribution in [1.29, 1.82) is 0 Å². The Bertz CT molecular complexity index is 1470. The number of hydrogen-bond acceptors (Lipinski definition) is 6. The second kappa shape index (κ2) is 11.3. The van der Waals surface area contributed by atoms with Gasteiger partial charge in [0.1, 0.15) is 5.75 Å². The lowest BCUT2D eigenvalue weighted by Gasteiger charge is -2.25. The van der Waals surface area contributed by atoms with E-state index in [1.54, 1.807) is 37.5 Å². The molecule has 8 heteroatoms. The highest BCUT2D eigenvalue weighted by molar-refractivity contribution is 7.07. The SMILES string of the molecule is CCCCOc1cccc(C=c2sc3n(c2=O)C(c2ccc(Cl)cc2)C(C(=O)OC(C)C)=C(C)N=3)c1. The smallest absolute Gasteiger partial charge is 0.338 e. The molecule has 0 bridgehead atoms. The number of unbranched alkanes of at least 4 members (excludes halogenated alkanes) is 1. The average Bonchev–Trinajstić information content (AvgIpc) is 3.13. The van der Waals surface area contributed by atoms with Gasteiger partial charge in [-0.2, -0.15) is 0 Å². The number of carbonyl (C=O) groups is 1. The summed E-state index contributed by atoms with van der Waals surface area (Å²) in [5, 5.41) is 0.569. The summed E-state index contributed by atoms with van der Waals surface area (Å²) in [6.07, 6.45) is 3.57. The number of hydrogen-bond donors (Lipinski definition) is 0. The van der Waals surface area contributed by atoms with Gasteiger partial charge >= 0.3 is 5.97 Å². The van der Waals surface area contributed by atoms with Crippen LogP contribution in [0.5, 0.6) is 5.75 Å². The normalized spacial score (nSPS) is 15.6. The highest BCUT2D eigenvalue weighted by Crippen LogP contribution is 2.31. The topological polar surface area (TPSA) is 69.9 Å². The zero-order valence-electron chi connectivity index (χ0n) is 20.8. The fraction of sp³-hybridized carbons (Fsp3) is 0.321. The number of allylic oxidation sites excluding steroid dienone is 1. The monoisotopic (exact) mass is 524 g/mol. The third-order valence-electron chi connectivity index (χ3n) is 5.69. The maximum absolute atomic E-state index is 13.7. The van der Waals surface area contributed by atoms with E-state index in [1.165, 1.54) is 11.3 Å². The first-order chi connectivity index (χ1) is 17.3. The van der Waals surface area contributed by atoms with Crippen molar-refractivity contribution in [3.63, 3.8) is 0 Å². The fourth-order valence-electron chi connectivity index (χ4n) is 4.00. The minimum Gasteiger partial charge on any atom is -0.494 e. The largest absolute Gasteiger partial charge is 0.494 e. The molecule has 0 radical (unpaired) electrons. The summed E-state index contributed by atoms with van der Waals surface area (Å²) in [4.78, 5) is 32.0. The van der Waals surface area contributed by atoms with Gasteiger partial charge in [0.05, 0.1) is 34.6 Å². The summed E-state index contributed by atoms with van der Waals surface area (Å²) in [5.74, 6) is 0.274. The second-order valence-electron chi connectivity index (χ2n) is 8.86. The van der Waals surface area contributed by atoms with Gasteiger partial charge in [-0.25, -0.2) is 9.79 Å². The van der Waals surface area contributed by atoms with Crippen LogP contribution < -0.4 is 19.6 Å². The number of ether oxygens (including phenoxy) is 2. The molecular formula is C28H29ClN2O4S. The molecular weight excluding hydrogens is 496 g/mol. The fourth-order valence-corrected chi connectivity index (χ4v) is 5.17. The van der Waals surface area contributed by atoms with Crippen LogP contribution in [0, 0.1) is 0 Å². The lowest BCUT2D eigenvalue weighted by atomic mass is 9.96. The molecule has 0 aliphatic carbocycles. The second-order valence-corrected chi connectivity index (χ2v) is 10.3. The van der Waals surface area contributed by atoms with Gasteiger partial charge < -0.3 is 9.47 Å². The minimum absolute atomic E-state index is 0.224. The third-order valence-corrected chi connectivity index (χ3v) is 6.93. The summed E-state index contributed by atoms with van der Waals surface area (Å²) < 4.78 is 13.4. The lowest BCUT2D eigenvalue weighted by molar-refractivity contribution is -0.143. The molecule has 36 heavy (non-hydrogen) atoms. The van der Waals surface area contributed by atoms with Crippen LogP contribution in [-0.2, 0) is 9.53 Å². The number of esters is 1. The third kappa shape index (κ3) is 5.63. The molecule has 1 atom stereocenters. The van der Waals surface area contributed by atoms with Crippen LogP contribution in [0.1, 0.15) is 57.7 Å². The molecule has 188 valence electrons. The van der Waals surface area contributed by atoms with Crippen LogP contribution in [-0.4, -0.2) is 23.2 Å². The van der Waals surface area contributed by atoms with Gasteiger partial charge in [0, 0.05) is 5.02 Å². The minimum atomic E-state index is -0.671. The van der Waals surface area contributed by atoms with Gasteiger partial charge in [-0.1, -0.05) is 60.5 Å². The standard InChI is InChI=1S/C28H29ClN2O4S/c1-5-6-14-34-22-9-7-8-19(15-22)16-23-26(32)31-25(20-10-12-21(29)13-11-20)24(27(33)35-17(2)3)18(4)30-28(31)36-23/h7-13,15-17,25H,5-6,14H2,1-4H3. The van der Waals surface area contributed by atoms with E-state index in [0.717, 1.165) is 29.7 Å². The maximum atomic E-state index is 13.7. The lowest BCUT2D eigenvalue weighted by Crippen LogP contribution is -2.40. The van der Waals surface area contributed by atoms with Crippen molar-refractivity contribution in [3.8, 4) is 5.75 Å². The first-order valence-electron chi connectivity index (χ1n) is 12.0. The van der Waals surface area contributed by atoms with Crippen LogP contribution in [0.3, 0.4) is 0 Å². The number of benzene rings is 2. The summed E-state index contributed by atoms with van der Waals surface area (Å²) in [6.45, 7) is 8.12. The Balaban J connectivity index is 1.83. The van der Waals surface area contributed by atoms with Crippen LogP contribution in [0.15, 0.2) is 69.6 Å². The number of rotatable bonds is 8. The first-order valence-corrected chi connectivity index (χ1v) is 13.2. The number of carbonyl (C=O) groups excluding carboxylic acids is 1. The number of thiazole rings is 1. The molecule has 4 rings (SSSR count). The van der Waals surface area contributed by atoms with Crippen molar-refractivity contribution >= 4 is 35.0 Å². The predicted octanol–water partition coefficient (Wildman–Crippen LogP) is 5.02.